The van der Waals surface area contributed by atoms with Gasteiger partial charge in [-0.15, -0.1) is 5.10 Å². The number of ether oxygens (including phenoxy) is 2. The zero-order chi connectivity index (χ0) is 13.8. The number of nitrogen functional groups attached to an aromatic ring is 1. The first-order chi connectivity index (χ1) is 9.13. The van der Waals surface area contributed by atoms with Crippen molar-refractivity contribution in [2.75, 3.05) is 20.0 Å². The number of carbonyl (C=O) groups excluding carboxylic acids is 1. The predicted molar refractivity (Wildman–Crippen MR) is 70.5 cm³/mol. The number of hydrogen-bond donors (Lipinski definition) is 1. The van der Waals surface area contributed by atoms with Crippen molar-refractivity contribution >= 4 is 11.7 Å². The van der Waals surface area contributed by atoms with E-state index in [4.69, 9.17) is 15.2 Å². The summed E-state index contributed by atoms with van der Waals surface area (Å²) in [5, 5.41) is 3.87. The molecule has 0 aliphatic rings. The Bertz CT molecular complexity index is 593. The van der Waals surface area contributed by atoms with E-state index in [2.05, 4.69) is 5.10 Å². The average molecular weight is 261 g/mol. The number of nitrogens with zero attached hydrogens (tertiary/aromatic N) is 2. The van der Waals surface area contributed by atoms with Crippen molar-refractivity contribution in [3.8, 4) is 11.5 Å². The van der Waals surface area contributed by atoms with Gasteiger partial charge in [-0.2, -0.15) is 0 Å². The first-order valence-electron chi connectivity index (χ1n) is 5.69. The number of anilines is 1. The van der Waals surface area contributed by atoms with Crippen LogP contribution in [0.2, 0.25) is 0 Å². The molecule has 100 valence electrons. The minimum absolute atomic E-state index is 0.163. The van der Waals surface area contributed by atoms with Crippen LogP contribution in [0.1, 0.15) is 10.4 Å². The van der Waals surface area contributed by atoms with Crippen LogP contribution in [0.3, 0.4) is 0 Å². The second-order valence-corrected chi connectivity index (χ2v) is 3.95. The molecule has 6 nitrogen and oxygen atoms in total. The topological polar surface area (TPSA) is 79.4 Å². The van der Waals surface area contributed by atoms with Crippen molar-refractivity contribution in [3.63, 3.8) is 0 Å². The molecule has 0 aliphatic heterocycles. The zero-order valence-electron chi connectivity index (χ0n) is 10.8. The summed E-state index contributed by atoms with van der Waals surface area (Å²) in [4.78, 5) is 12.0. The number of benzene rings is 1. The number of aromatic nitrogens is 2. The van der Waals surface area contributed by atoms with Crippen molar-refractivity contribution in [2.45, 2.75) is 6.42 Å². The van der Waals surface area contributed by atoms with E-state index < -0.39 is 0 Å². The van der Waals surface area contributed by atoms with Crippen LogP contribution in [0.15, 0.2) is 30.5 Å². The first-order valence-corrected chi connectivity index (χ1v) is 5.69. The van der Waals surface area contributed by atoms with Gasteiger partial charge in [-0.05, 0) is 17.7 Å². The highest BCUT2D eigenvalue weighted by Gasteiger charge is 2.10. The Balaban J connectivity index is 2.17. The maximum absolute atomic E-state index is 12.0. The number of nitrogens with two attached hydrogens (primary N) is 1. The molecular weight excluding hydrogens is 246 g/mol. The van der Waals surface area contributed by atoms with Crippen molar-refractivity contribution in [1.82, 2.24) is 9.78 Å². The normalized spacial score (nSPS) is 10.2. The van der Waals surface area contributed by atoms with Crippen LogP contribution in [0.4, 0.5) is 5.82 Å². The molecular formula is C13H15N3O3. The third kappa shape index (κ3) is 2.85. The van der Waals surface area contributed by atoms with Gasteiger partial charge in [-0.25, -0.2) is 4.68 Å². The van der Waals surface area contributed by atoms with E-state index in [1.807, 2.05) is 6.07 Å². The van der Waals surface area contributed by atoms with Crippen molar-refractivity contribution in [2.24, 2.45) is 0 Å². The maximum atomic E-state index is 12.0. The summed E-state index contributed by atoms with van der Waals surface area (Å²) >= 11 is 0. The molecule has 0 saturated carbocycles. The maximum Gasteiger partial charge on any atom is 0.251 e. The van der Waals surface area contributed by atoms with E-state index in [1.54, 1.807) is 38.6 Å². The molecule has 0 saturated heterocycles. The largest absolute Gasteiger partial charge is 0.493 e. The molecule has 2 N–H and O–H groups in total. The van der Waals surface area contributed by atoms with E-state index >= 15 is 0 Å². The van der Waals surface area contributed by atoms with Gasteiger partial charge in [0.2, 0.25) is 0 Å². The van der Waals surface area contributed by atoms with Gasteiger partial charge in [0.1, 0.15) is 5.82 Å². The van der Waals surface area contributed by atoms with Crippen molar-refractivity contribution in [3.05, 3.63) is 36.0 Å². The molecule has 0 amide bonds. The van der Waals surface area contributed by atoms with Crippen molar-refractivity contribution in [1.29, 1.82) is 0 Å². The third-order valence-corrected chi connectivity index (χ3v) is 2.67. The monoisotopic (exact) mass is 261 g/mol. The van der Waals surface area contributed by atoms with Gasteiger partial charge in [0.05, 0.1) is 20.6 Å². The van der Waals surface area contributed by atoms with E-state index in [1.165, 1.54) is 4.68 Å². The van der Waals surface area contributed by atoms with Crippen LogP contribution in [0.25, 0.3) is 0 Å². The third-order valence-electron chi connectivity index (χ3n) is 2.67. The molecule has 0 unspecified atom stereocenters. The standard InChI is InChI=1S/C13H15N3O3/c1-18-10-4-3-9(7-11(10)19-2)8-13(17)16-6-5-12(14)15-16/h3-7H,8H2,1-2H3,(H2,14,15). The molecule has 0 spiro atoms. The fourth-order valence-corrected chi connectivity index (χ4v) is 1.72. The first kappa shape index (κ1) is 12.9. The molecule has 1 aromatic carbocycles. The molecule has 0 bridgehead atoms. The second-order valence-electron chi connectivity index (χ2n) is 3.95. The lowest BCUT2D eigenvalue weighted by Crippen LogP contribution is -2.14. The lowest BCUT2D eigenvalue weighted by atomic mass is 10.1. The zero-order valence-corrected chi connectivity index (χ0v) is 10.8. The van der Waals surface area contributed by atoms with Gasteiger partial charge in [-0.1, -0.05) is 6.07 Å². The summed E-state index contributed by atoms with van der Waals surface area (Å²) in [5.41, 5.74) is 6.29. The Labute approximate surface area is 110 Å². The summed E-state index contributed by atoms with van der Waals surface area (Å²) in [7, 11) is 3.12. The quantitative estimate of drug-likeness (QED) is 0.899. The van der Waals surface area contributed by atoms with Crippen LogP contribution in [-0.4, -0.2) is 29.9 Å². The fraction of sp³-hybridized carbons (Fsp3) is 0.231. The van der Waals surface area contributed by atoms with Crippen LogP contribution < -0.4 is 15.2 Å². The highest BCUT2D eigenvalue weighted by atomic mass is 16.5. The Kier molecular flexibility index (Phi) is 3.70. The van der Waals surface area contributed by atoms with Gasteiger partial charge < -0.3 is 15.2 Å². The Morgan fingerprint density at radius 2 is 2.00 bits per heavy atom. The minimum Gasteiger partial charge on any atom is -0.493 e. The number of methoxy groups -OCH3 is 2. The Hall–Kier alpha value is -2.50. The molecule has 1 heterocycles. The smallest absolute Gasteiger partial charge is 0.251 e. The lowest BCUT2D eigenvalue weighted by Gasteiger charge is -2.09. The number of hydrogen-bond acceptors (Lipinski definition) is 5. The van der Waals surface area contributed by atoms with Crippen LogP contribution in [-0.2, 0) is 6.42 Å². The molecule has 0 radical (unpaired) electrons. The number of carbonyl (C=O) groups is 1. The molecule has 1 aromatic heterocycles. The summed E-state index contributed by atoms with van der Waals surface area (Å²) < 4.78 is 11.6. The molecule has 0 fully saturated rings. The molecule has 2 aromatic rings. The Morgan fingerprint density at radius 1 is 1.26 bits per heavy atom. The highest BCUT2D eigenvalue weighted by molar-refractivity contribution is 5.80. The van der Waals surface area contributed by atoms with Gasteiger partial charge in [0.25, 0.3) is 5.91 Å². The summed E-state index contributed by atoms with van der Waals surface area (Å²) in [6, 6.07) is 6.92. The van der Waals surface area contributed by atoms with Crippen LogP contribution in [0.5, 0.6) is 11.5 Å². The van der Waals surface area contributed by atoms with Gasteiger partial charge in [0, 0.05) is 12.3 Å². The van der Waals surface area contributed by atoms with E-state index in [0.29, 0.717) is 17.3 Å². The highest BCUT2D eigenvalue weighted by Crippen LogP contribution is 2.27. The summed E-state index contributed by atoms with van der Waals surface area (Å²) in [5.74, 6) is 1.37. The van der Waals surface area contributed by atoms with Gasteiger partial charge in [0.15, 0.2) is 11.5 Å². The average Bonchev–Trinajstić information content (AvgIpc) is 2.85. The van der Waals surface area contributed by atoms with E-state index in [0.717, 1.165) is 5.56 Å². The van der Waals surface area contributed by atoms with Crippen LogP contribution in [0, 0.1) is 0 Å². The molecule has 0 aliphatic carbocycles. The van der Waals surface area contributed by atoms with Crippen LogP contribution >= 0.6 is 0 Å². The summed E-state index contributed by atoms with van der Waals surface area (Å²) in [6.07, 6.45) is 1.75. The molecule has 19 heavy (non-hydrogen) atoms. The van der Waals surface area contributed by atoms with E-state index in [-0.39, 0.29) is 12.3 Å². The lowest BCUT2D eigenvalue weighted by molar-refractivity contribution is 0.0898. The molecule has 6 heteroatoms. The predicted octanol–water partition coefficient (Wildman–Crippen LogP) is 1.37. The Morgan fingerprint density at radius 3 is 2.58 bits per heavy atom. The SMILES string of the molecule is COc1ccc(CC(=O)n2ccc(N)n2)cc1OC. The van der Waals surface area contributed by atoms with Crippen molar-refractivity contribution < 1.29 is 14.3 Å². The fourth-order valence-electron chi connectivity index (χ4n) is 1.72. The molecule has 2 rings (SSSR count). The molecule has 0 atom stereocenters. The second kappa shape index (κ2) is 5.43. The number of rotatable bonds is 4. The van der Waals surface area contributed by atoms with Gasteiger partial charge >= 0.3 is 0 Å². The minimum atomic E-state index is -0.163. The van der Waals surface area contributed by atoms with E-state index in [9.17, 15) is 4.79 Å². The summed E-state index contributed by atoms with van der Waals surface area (Å²) in [6.45, 7) is 0. The van der Waals surface area contributed by atoms with Gasteiger partial charge in [-0.3, -0.25) is 4.79 Å².